The van der Waals surface area contributed by atoms with Crippen LogP contribution < -0.4 is 20.5 Å². The molecule has 1 saturated heterocycles. The third kappa shape index (κ3) is 7.65. The Bertz CT molecular complexity index is 1450. The van der Waals surface area contributed by atoms with E-state index in [2.05, 4.69) is 53.9 Å². The molecule has 1 aliphatic carbocycles. The van der Waals surface area contributed by atoms with Crippen LogP contribution in [0.2, 0.25) is 0 Å². The zero-order valence-electron chi connectivity index (χ0n) is 26.4. The number of hydrogen-bond acceptors (Lipinski definition) is 8. The van der Waals surface area contributed by atoms with Crippen LogP contribution in [-0.4, -0.2) is 71.2 Å². The van der Waals surface area contributed by atoms with Crippen molar-refractivity contribution in [3.05, 3.63) is 58.9 Å². The first-order valence-corrected chi connectivity index (χ1v) is 15.8. The summed E-state index contributed by atoms with van der Waals surface area (Å²) in [7, 11) is 0. The Morgan fingerprint density at radius 2 is 1.82 bits per heavy atom. The van der Waals surface area contributed by atoms with E-state index >= 15 is 4.39 Å². The number of carbonyl (C=O) groups is 1. The molecule has 0 spiro atoms. The lowest BCUT2D eigenvalue weighted by Crippen LogP contribution is -2.49. The topological polar surface area (TPSA) is 106 Å². The zero-order chi connectivity index (χ0) is 31.2. The predicted molar refractivity (Wildman–Crippen MR) is 171 cm³/mol. The number of nitrogens with one attached hydrogen (secondary N) is 1. The Kier molecular flexibility index (Phi) is 10.3. The fraction of sp³-hybridized carbons (Fsp3) is 0.500. The molecule has 2 fully saturated rings. The highest BCUT2D eigenvalue weighted by atomic mass is 19.1. The number of amides is 1. The molecule has 1 amide bonds. The van der Waals surface area contributed by atoms with Gasteiger partial charge in [0, 0.05) is 61.6 Å². The van der Waals surface area contributed by atoms with E-state index < -0.39 is 11.9 Å². The van der Waals surface area contributed by atoms with Crippen molar-refractivity contribution in [2.75, 3.05) is 44.6 Å². The third-order valence-electron chi connectivity index (χ3n) is 8.97. The number of nitrogens with zero attached hydrogens (tertiary/aromatic N) is 4. The van der Waals surface area contributed by atoms with Crippen molar-refractivity contribution in [1.29, 1.82) is 0 Å². The monoisotopic (exact) mass is 604 g/mol. The van der Waals surface area contributed by atoms with Crippen LogP contribution in [0.25, 0.3) is 11.3 Å². The molecule has 1 saturated carbocycles. The standard InChI is InChI=1S/C34H45FN6O3/c1-22(2)41-17-15-40(16-18-41)19-20-43-29-14-13-26(21-28(29)35)37-34-38-31(27-12-8-9-23(3)24(27)4)30(25-10-6-5-7-11-25)32(39-34)44-33(36)42/h8-9,12-14,21-22,25H,5-7,10-11,15-20H2,1-4H3,(H2,36,42)(H,37,38,39). The number of rotatable bonds is 10. The number of piperazine rings is 1. The van der Waals surface area contributed by atoms with Crippen molar-refractivity contribution >= 4 is 17.7 Å². The molecule has 2 aliphatic rings. The molecule has 0 unspecified atom stereocenters. The largest absolute Gasteiger partial charge is 0.489 e. The van der Waals surface area contributed by atoms with Gasteiger partial charge in [0.1, 0.15) is 6.61 Å². The minimum Gasteiger partial charge on any atom is -0.489 e. The van der Waals surface area contributed by atoms with Gasteiger partial charge in [-0.2, -0.15) is 4.98 Å². The van der Waals surface area contributed by atoms with Gasteiger partial charge in [0.25, 0.3) is 0 Å². The number of halogens is 1. The molecule has 0 radical (unpaired) electrons. The lowest BCUT2D eigenvalue weighted by molar-refractivity contribution is 0.0965. The van der Waals surface area contributed by atoms with E-state index in [1.54, 1.807) is 12.1 Å². The molecule has 0 atom stereocenters. The Morgan fingerprint density at radius 3 is 2.50 bits per heavy atom. The Hall–Kier alpha value is -3.76. The number of benzene rings is 2. The molecule has 236 valence electrons. The van der Waals surface area contributed by atoms with Crippen LogP contribution in [-0.2, 0) is 0 Å². The molecule has 3 N–H and O–H groups in total. The number of aryl methyl sites for hydroxylation is 1. The summed E-state index contributed by atoms with van der Waals surface area (Å²) in [6.07, 6.45) is 4.29. The van der Waals surface area contributed by atoms with Gasteiger partial charge in [0.15, 0.2) is 11.6 Å². The number of aromatic nitrogens is 2. The average Bonchev–Trinajstić information content (AvgIpc) is 3.00. The van der Waals surface area contributed by atoms with E-state index in [4.69, 9.17) is 20.2 Å². The normalized spacial score (nSPS) is 16.7. The van der Waals surface area contributed by atoms with Crippen LogP contribution >= 0.6 is 0 Å². The lowest BCUT2D eigenvalue weighted by Gasteiger charge is -2.36. The van der Waals surface area contributed by atoms with E-state index in [0.717, 1.165) is 80.7 Å². The van der Waals surface area contributed by atoms with Crippen molar-refractivity contribution in [2.45, 2.75) is 71.8 Å². The minimum atomic E-state index is -0.937. The summed E-state index contributed by atoms with van der Waals surface area (Å²) in [4.78, 5) is 26.3. The molecule has 2 heterocycles. The van der Waals surface area contributed by atoms with Crippen LogP contribution in [0, 0.1) is 19.7 Å². The van der Waals surface area contributed by atoms with Gasteiger partial charge >= 0.3 is 6.09 Å². The SMILES string of the molecule is Cc1cccc(-c2nc(Nc3ccc(OCCN4CCN(C(C)C)CC4)c(F)c3)nc(OC(N)=O)c2C2CCCCC2)c1C. The van der Waals surface area contributed by atoms with Crippen molar-refractivity contribution in [3.63, 3.8) is 0 Å². The maximum Gasteiger partial charge on any atom is 0.411 e. The average molecular weight is 605 g/mol. The smallest absolute Gasteiger partial charge is 0.411 e. The number of hydrogen-bond donors (Lipinski definition) is 2. The fourth-order valence-corrected chi connectivity index (χ4v) is 6.26. The number of ether oxygens (including phenoxy) is 2. The molecule has 10 heteroatoms. The maximum atomic E-state index is 15.1. The summed E-state index contributed by atoms with van der Waals surface area (Å²) in [6.45, 7) is 13.7. The van der Waals surface area contributed by atoms with E-state index in [0.29, 0.717) is 24.0 Å². The lowest BCUT2D eigenvalue weighted by atomic mass is 9.82. The molecule has 3 aromatic rings. The molecule has 9 nitrogen and oxygen atoms in total. The van der Waals surface area contributed by atoms with Crippen LogP contribution in [0.3, 0.4) is 0 Å². The van der Waals surface area contributed by atoms with Gasteiger partial charge in [0.2, 0.25) is 11.8 Å². The van der Waals surface area contributed by atoms with E-state index in [1.165, 1.54) is 12.5 Å². The van der Waals surface area contributed by atoms with Gasteiger partial charge < -0.3 is 20.5 Å². The first-order valence-electron chi connectivity index (χ1n) is 15.8. The summed E-state index contributed by atoms with van der Waals surface area (Å²) >= 11 is 0. The second-order valence-corrected chi connectivity index (χ2v) is 12.2. The molecule has 1 aromatic heterocycles. The third-order valence-corrected chi connectivity index (χ3v) is 8.97. The molecule has 0 bridgehead atoms. The van der Waals surface area contributed by atoms with Gasteiger partial charge in [-0.3, -0.25) is 9.80 Å². The number of nitrogens with two attached hydrogens (primary N) is 1. The van der Waals surface area contributed by atoms with Crippen LogP contribution in [0.5, 0.6) is 11.6 Å². The first-order chi connectivity index (χ1) is 21.2. The highest BCUT2D eigenvalue weighted by Crippen LogP contribution is 2.43. The van der Waals surface area contributed by atoms with E-state index in [-0.39, 0.29) is 23.5 Å². The van der Waals surface area contributed by atoms with Gasteiger partial charge in [-0.05, 0) is 69.7 Å². The van der Waals surface area contributed by atoms with Gasteiger partial charge in [-0.25, -0.2) is 14.2 Å². The second-order valence-electron chi connectivity index (χ2n) is 12.2. The molecule has 1 aliphatic heterocycles. The Morgan fingerprint density at radius 1 is 1.07 bits per heavy atom. The number of primary amides is 1. The molecule has 2 aromatic carbocycles. The van der Waals surface area contributed by atoms with Crippen molar-refractivity contribution in [3.8, 4) is 22.9 Å². The van der Waals surface area contributed by atoms with Gasteiger partial charge in [-0.15, -0.1) is 0 Å². The van der Waals surface area contributed by atoms with Crippen molar-refractivity contribution < 1.29 is 18.7 Å². The van der Waals surface area contributed by atoms with Crippen LogP contribution in [0.1, 0.15) is 68.6 Å². The number of carbonyl (C=O) groups excluding carboxylic acids is 1. The predicted octanol–water partition coefficient (Wildman–Crippen LogP) is 6.55. The summed E-state index contributed by atoms with van der Waals surface area (Å²) in [5, 5.41) is 3.12. The second kappa shape index (κ2) is 14.3. The summed E-state index contributed by atoms with van der Waals surface area (Å²) < 4.78 is 26.5. The minimum absolute atomic E-state index is 0.134. The maximum absolute atomic E-state index is 15.1. The Balaban J connectivity index is 1.37. The van der Waals surface area contributed by atoms with Gasteiger partial charge in [-0.1, -0.05) is 37.5 Å². The quantitative estimate of drug-likeness (QED) is 0.268. The summed E-state index contributed by atoms with van der Waals surface area (Å²) in [6, 6.07) is 11.3. The van der Waals surface area contributed by atoms with Crippen molar-refractivity contribution in [1.82, 2.24) is 19.8 Å². The Labute approximate surface area is 260 Å². The highest BCUT2D eigenvalue weighted by molar-refractivity contribution is 5.75. The first kappa shape index (κ1) is 31.7. The summed E-state index contributed by atoms with van der Waals surface area (Å²) in [5.74, 6) is 0.174. The zero-order valence-corrected chi connectivity index (χ0v) is 26.4. The van der Waals surface area contributed by atoms with E-state index in [1.807, 2.05) is 12.1 Å². The summed E-state index contributed by atoms with van der Waals surface area (Å²) in [5.41, 5.74) is 10.6. The van der Waals surface area contributed by atoms with Crippen molar-refractivity contribution in [2.24, 2.45) is 5.73 Å². The molecule has 5 rings (SSSR count). The van der Waals surface area contributed by atoms with Crippen LogP contribution in [0.4, 0.5) is 20.8 Å². The molecule has 44 heavy (non-hydrogen) atoms. The fourth-order valence-electron chi connectivity index (χ4n) is 6.26. The highest BCUT2D eigenvalue weighted by Gasteiger charge is 2.28. The van der Waals surface area contributed by atoms with Gasteiger partial charge in [0.05, 0.1) is 5.69 Å². The number of anilines is 2. The molecular formula is C34H45FN6O3. The van der Waals surface area contributed by atoms with E-state index in [9.17, 15) is 4.79 Å². The molecular weight excluding hydrogens is 559 g/mol. The van der Waals surface area contributed by atoms with Crippen LogP contribution in [0.15, 0.2) is 36.4 Å².